The van der Waals surface area contributed by atoms with Gasteiger partial charge in [0, 0.05) is 18.6 Å². The highest BCUT2D eigenvalue weighted by Gasteiger charge is 2.26. The number of carboxylic acid groups (broad SMARTS) is 1. The molecule has 0 saturated carbocycles. The van der Waals surface area contributed by atoms with Crippen LogP contribution >= 0.6 is 0 Å². The second kappa shape index (κ2) is 7.69. The Morgan fingerprint density at radius 3 is 2.32 bits per heavy atom. The minimum atomic E-state index is -1.47. The van der Waals surface area contributed by atoms with E-state index in [0.717, 1.165) is 0 Å². The summed E-state index contributed by atoms with van der Waals surface area (Å²) < 4.78 is 45.3. The fourth-order valence-corrected chi connectivity index (χ4v) is 2.28. The summed E-state index contributed by atoms with van der Waals surface area (Å²) in [5.41, 5.74) is -0.564. The van der Waals surface area contributed by atoms with Gasteiger partial charge in [-0.1, -0.05) is 18.2 Å². The number of para-hydroxylation sites is 1. The molecule has 2 N–H and O–H groups in total. The van der Waals surface area contributed by atoms with E-state index in [4.69, 9.17) is 4.74 Å². The number of benzene rings is 2. The second-order valence-electron chi connectivity index (χ2n) is 5.12. The molecule has 0 heterocycles. The number of aliphatic carboxylic acids is 1. The lowest BCUT2D eigenvalue weighted by Crippen LogP contribution is -2.43. The summed E-state index contributed by atoms with van der Waals surface area (Å²) in [6.45, 7) is 0. The van der Waals surface area contributed by atoms with E-state index in [2.05, 4.69) is 0 Å². The number of nitrogens with one attached hydrogen (secondary N) is 1. The maximum atomic E-state index is 13.7. The lowest BCUT2D eigenvalue weighted by molar-refractivity contribution is -0.139. The summed E-state index contributed by atoms with van der Waals surface area (Å²) >= 11 is 0. The molecule has 2 aromatic rings. The van der Waals surface area contributed by atoms with Crippen molar-refractivity contribution in [3.63, 3.8) is 0 Å². The van der Waals surface area contributed by atoms with Crippen LogP contribution in [0.2, 0.25) is 0 Å². The molecule has 25 heavy (non-hydrogen) atoms. The first kappa shape index (κ1) is 18.3. The molecule has 2 aromatic carbocycles. The van der Waals surface area contributed by atoms with Gasteiger partial charge in [-0.3, -0.25) is 4.79 Å². The van der Waals surface area contributed by atoms with Crippen LogP contribution in [0.1, 0.15) is 15.9 Å². The zero-order chi connectivity index (χ0) is 18.6. The molecular weight excluding hydrogens is 339 g/mol. The SMILES string of the molecule is COc1ccccc1C[C@H](NC(=O)c1c(F)cc(F)cc1F)C(=O)O. The Hall–Kier alpha value is -3.03. The highest BCUT2D eigenvalue weighted by atomic mass is 19.1. The Kier molecular flexibility index (Phi) is 5.63. The molecule has 1 atom stereocenters. The lowest BCUT2D eigenvalue weighted by atomic mass is 10.0. The number of hydrogen-bond acceptors (Lipinski definition) is 3. The van der Waals surface area contributed by atoms with Crippen LogP contribution in [0.4, 0.5) is 13.2 Å². The molecule has 1 amide bonds. The number of amides is 1. The van der Waals surface area contributed by atoms with E-state index in [1.807, 2.05) is 5.32 Å². The summed E-state index contributed by atoms with van der Waals surface area (Å²) in [6.07, 6.45) is -0.171. The van der Waals surface area contributed by atoms with E-state index in [0.29, 0.717) is 23.4 Å². The Morgan fingerprint density at radius 2 is 1.76 bits per heavy atom. The largest absolute Gasteiger partial charge is 0.496 e. The number of rotatable bonds is 6. The number of methoxy groups -OCH3 is 1. The zero-order valence-electron chi connectivity index (χ0n) is 13.1. The van der Waals surface area contributed by atoms with E-state index < -0.39 is 40.9 Å². The number of carbonyl (C=O) groups excluding carboxylic acids is 1. The molecule has 0 spiro atoms. The molecular formula is C17H14F3NO4. The van der Waals surface area contributed by atoms with Gasteiger partial charge in [0.2, 0.25) is 0 Å². The van der Waals surface area contributed by atoms with E-state index in [1.54, 1.807) is 24.3 Å². The Balaban J connectivity index is 2.25. The number of ether oxygens (including phenoxy) is 1. The van der Waals surface area contributed by atoms with Gasteiger partial charge in [-0.15, -0.1) is 0 Å². The molecule has 8 heteroatoms. The first-order valence-corrected chi connectivity index (χ1v) is 7.13. The molecule has 0 unspecified atom stereocenters. The molecule has 0 bridgehead atoms. The highest BCUT2D eigenvalue weighted by molar-refractivity contribution is 5.97. The molecule has 0 aromatic heterocycles. The predicted molar refractivity (Wildman–Crippen MR) is 81.9 cm³/mol. The minimum Gasteiger partial charge on any atom is -0.496 e. The van der Waals surface area contributed by atoms with Crippen LogP contribution in [-0.4, -0.2) is 30.1 Å². The van der Waals surface area contributed by atoms with Gasteiger partial charge in [-0.25, -0.2) is 18.0 Å². The Labute approximate surface area is 141 Å². The highest BCUT2D eigenvalue weighted by Crippen LogP contribution is 2.20. The van der Waals surface area contributed by atoms with Gasteiger partial charge in [0.1, 0.15) is 34.8 Å². The van der Waals surface area contributed by atoms with Gasteiger partial charge in [0.15, 0.2) is 0 Å². The third kappa shape index (κ3) is 4.28. The van der Waals surface area contributed by atoms with Gasteiger partial charge in [-0.05, 0) is 11.6 Å². The van der Waals surface area contributed by atoms with Gasteiger partial charge in [-0.2, -0.15) is 0 Å². The van der Waals surface area contributed by atoms with E-state index >= 15 is 0 Å². The van der Waals surface area contributed by atoms with Crippen molar-refractivity contribution >= 4 is 11.9 Å². The van der Waals surface area contributed by atoms with E-state index in [1.165, 1.54) is 7.11 Å². The number of hydrogen-bond donors (Lipinski definition) is 2. The van der Waals surface area contributed by atoms with Gasteiger partial charge in [0.05, 0.1) is 7.11 Å². The number of carboxylic acids is 1. The smallest absolute Gasteiger partial charge is 0.326 e. The van der Waals surface area contributed by atoms with Crippen LogP contribution in [-0.2, 0) is 11.2 Å². The molecule has 0 saturated heterocycles. The van der Waals surface area contributed by atoms with Crippen molar-refractivity contribution in [1.82, 2.24) is 5.32 Å². The van der Waals surface area contributed by atoms with E-state index in [9.17, 15) is 27.9 Å². The van der Waals surface area contributed by atoms with Gasteiger partial charge < -0.3 is 15.2 Å². The molecule has 0 radical (unpaired) electrons. The van der Waals surface area contributed by atoms with Crippen LogP contribution in [0.5, 0.6) is 5.75 Å². The van der Waals surface area contributed by atoms with E-state index in [-0.39, 0.29) is 6.42 Å². The molecule has 0 aliphatic carbocycles. The van der Waals surface area contributed by atoms with Crippen LogP contribution in [0.25, 0.3) is 0 Å². The van der Waals surface area contributed by atoms with Crippen molar-refractivity contribution in [1.29, 1.82) is 0 Å². The topological polar surface area (TPSA) is 75.6 Å². The van der Waals surface area contributed by atoms with Gasteiger partial charge in [0.25, 0.3) is 5.91 Å². The molecule has 0 aliphatic rings. The molecule has 0 aliphatic heterocycles. The minimum absolute atomic E-state index is 0.171. The zero-order valence-corrected chi connectivity index (χ0v) is 13.1. The summed E-state index contributed by atoms with van der Waals surface area (Å²) in [7, 11) is 1.40. The van der Waals surface area contributed by atoms with Crippen LogP contribution in [0, 0.1) is 17.5 Å². The van der Waals surface area contributed by atoms with Crippen molar-refractivity contribution in [3.05, 3.63) is 65.0 Å². The second-order valence-corrected chi connectivity index (χ2v) is 5.12. The molecule has 2 rings (SSSR count). The van der Waals surface area contributed by atoms with Crippen molar-refractivity contribution in [2.45, 2.75) is 12.5 Å². The maximum Gasteiger partial charge on any atom is 0.326 e. The molecule has 132 valence electrons. The maximum absolute atomic E-state index is 13.7. The van der Waals surface area contributed by atoms with Crippen molar-refractivity contribution in [3.8, 4) is 5.75 Å². The number of carbonyl (C=O) groups is 2. The monoisotopic (exact) mass is 353 g/mol. The molecule has 5 nitrogen and oxygen atoms in total. The van der Waals surface area contributed by atoms with Crippen LogP contribution in [0.15, 0.2) is 36.4 Å². The quantitative estimate of drug-likeness (QED) is 0.837. The Bertz CT molecular complexity index is 787. The lowest BCUT2D eigenvalue weighted by Gasteiger charge is -2.17. The normalized spacial score (nSPS) is 11.7. The standard InChI is InChI=1S/C17H14F3NO4/c1-25-14-5-3-2-4-9(14)6-13(17(23)24)21-16(22)15-11(19)7-10(18)8-12(15)20/h2-5,7-8,13H,6H2,1H3,(H,21,22)(H,23,24)/t13-/m0/s1. The summed E-state index contributed by atoms with van der Waals surface area (Å²) in [5, 5.41) is 11.3. The van der Waals surface area contributed by atoms with Crippen molar-refractivity contribution < 1.29 is 32.6 Å². The van der Waals surface area contributed by atoms with Crippen LogP contribution in [0.3, 0.4) is 0 Å². The summed E-state index contributed by atoms with van der Waals surface area (Å²) in [5.74, 6) is -6.31. The Morgan fingerprint density at radius 1 is 1.16 bits per heavy atom. The number of halogens is 3. The first-order valence-electron chi connectivity index (χ1n) is 7.13. The average Bonchev–Trinajstić information content (AvgIpc) is 2.53. The molecule has 0 fully saturated rings. The fraction of sp³-hybridized carbons (Fsp3) is 0.176. The van der Waals surface area contributed by atoms with Crippen molar-refractivity contribution in [2.24, 2.45) is 0 Å². The fourth-order valence-electron chi connectivity index (χ4n) is 2.28. The average molecular weight is 353 g/mol. The van der Waals surface area contributed by atoms with Gasteiger partial charge >= 0.3 is 5.97 Å². The summed E-state index contributed by atoms with van der Waals surface area (Å²) in [4.78, 5) is 23.4. The summed E-state index contributed by atoms with van der Waals surface area (Å²) in [6, 6.07) is 5.75. The predicted octanol–water partition coefficient (Wildman–Crippen LogP) is 2.54. The third-order valence-electron chi connectivity index (χ3n) is 3.45. The van der Waals surface area contributed by atoms with Crippen molar-refractivity contribution in [2.75, 3.05) is 7.11 Å². The first-order chi connectivity index (χ1) is 11.8. The van der Waals surface area contributed by atoms with Crippen LogP contribution < -0.4 is 10.1 Å². The third-order valence-corrected chi connectivity index (χ3v) is 3.45.